The van der Waals surface area contributed by atoms with Crippen molar-refractivity contribution >= 4 is 16.3 Å². The Hall–Kier alpha value is -1.85. The van der Waals surface area contributed by atoms with Gasteiger partial charge in [-0.2, -0.15) is 0 Å². The van der Waals surface area contributed by atoms with Crippen LogP contribution >= 0.6 is 11.3 Å². The minimum Gasteiger partial charge on any atom is -0.497 e. The van der Waals surface area contributed by atoms with E-state index in [2.05, 4.69) is 28.4 Å². The summed E-state index contributed by atoms with van der Waals surface area (Å²) in [6.07, 6.45) is 3.77. The Morgan fingerprint density at radius 2 is 2.05 bits per heavy atom. The molecule has 3 aromatic rings. The van der Waals surface area contributed by atoms with Crippen LogP contribution in [0.2, 0.25) is 0 Å². The van der Waals surface area contributed by atoms with Gasteiger partial charge in [0.1, 0.15) is 5.75 Å². The zero-order chi connectivity index (χ0) is 14.8. The minimum atomic E-state index is 0.632. The number of aryl methyl sites for hydroxylation is 1. The van der Waals surface area contributed by atoms with E-state index in [0.29, 0.717) is 6.54 Å². The Morgan fingerprint density at radius 3 is 2.67 bits per heavy atom. The minimum absolute atomic E-state index is 0.632. The number of ether oxygens (including phenoxy) is 1. The van der Waals surface area contributed by atoms with Crippen LogP contribution in [0.25, 0.3) is 16.2 Å². The number of rotatable bonds is 5. The fraction of sp³-hybridized carbons (Fsp3) is 0.312. The molecule has 2 aromatic heterocycles. The van der Waals surface area contributed by atoms with Crippen LogP contribution in [0, 0.1) is 0 Å². The average molecular weight is 301 g/mol. The van der Waals surface area contributed by atoms with Crippen molar-refractivity contribution in [3.63, 3.8) is 0 Å². The van der Waals surface area contributed by atoms with Gasteiger partial charge >= 0.3 is 0 Å². The maximum Gasteiger partial charge on any atom is 0.194 e. The number of hydrogen-bond donors (Lipinski definition) is 1. The summed E-state index contributed by atoms with van der Waals surface area (Å²) in [6.45, 7) is 2.81. The first-order valence-electron chi connectivity index (χ1n) is 7.11. The number of aromatic nitrogens is 2. The Bertz CT molecular complexity index is 743. The highest BCUT2D eigenvalue weighted by Gasteiger charge is 2.16. The predicted octanol–water partition coefficient (Wildman–Crippen LogP) is 3.14. The molecule has 5 heteroatoms. The van der Waals surface area contributed by atoms with E-state index in [4.69, 9.17) is 10.5 Å². The molecule has 0 fully saturated rings. The van der Waals surface area contributed by atoms with Gasteiger partial charge in [-0.25, -0.2) is 4.98 Å². The fourth-order valence-corrected chi connectivity index (χ4v) is 3.64. The molecule has 0 spiro atoms. The normalized spacial score (nSPS) is 11.2. The second-order valence-corrected chi connectivity index (χ2v) is 5.92. The Morgan fingerprint density at radius 1 is 1.29 bits per heavy atom. The lowest BCUT2D eigenvalue weighted by molar-refractivity contribution is 0.415. The number of hydrogen-bond acceptors (Lipinski definition) is 4. The van der Waals surface area contributed by atoms with E-state index in [9.17, 15) is 0 Å². The number of benzene rings is 1. The third-order valence-electron chi connectivity index (χ3n) is 3.59. The van der Waals surface area contributed by atoms with Gasteiger partial charge in [0.25, 0.3) is 0 Å². The first-order valence-corrected chi connectivity index (χ1v) is 7.92. The molecule has 0 radical (unpaired) electrons. The number of fused-ring (bicyclic) bond motifs is 1. The monoisotopic (exact) mass is 301 g/mol. The molecular weight excluding hydrogens is 282 g/mol. The number of thiazole rings is 1. The number of imidazole rings is 1. The highest BCUT2D eigenvalue weighted by molar-refractivity contribution is 7.17. The topological polar surface area (TPSA) is 52.5 Å². The van der Waals surface area contributed by atoms with Crippen molar-refractivity contribution in [2.24, 2.45) is 5.73 Å². The standard InChI is InChI=1S/C16H19N3OS/c1-3-14-15(11-4-6-13(20-2)7-5-11)19-12(8-9-17)10-18-16(19)21-14/h4-7,10H,3,8-9,17H2,1-2H3. The molecule has 21 heavy (non-hydrogen) atoms. The molecular formula is C16H19N3OS. The molecule has 0 aliphatic heterocycles. The molecule has 1 aromatic carbocycles. The van der Waals surface area contributed by atoms with Gasteiger partial charge in [0.05, 0.1) is 19.0 Å². The van der Waals surface area contributed by atoms with Gasteiger partial charge in [0.15, 0.2) is 4.96 Å². The van der Waals surface area contributed by atoms with Crippen molar-refractivity contribution in [2.75, 3.05) is 13.7 Å². The van der Waals surface area contributed by atoms with Crippen LogP contribution in [0.3, 0.4) is 0 Å². The lowest BCUT2D eigenvalue weighted by atomic mass is 10.1. The van der Waals surface area contributed by atoms with Gasteiger partial charge in [-0.3, -0.25) is 4.40 Å². The Balaban J connectivity index is 2.19. The van der Waals surface area contributed by atoms with Crippen LogP contribution in [-0.4, -0.2) is 23.0 Å². The number of nitrogens with zero attached hydrogens (tertiary/aromatic N) is 2. The molecule has 0 saturated heterocycles. The number of methoxy groups -OCH3 is 1. The van der Waals surface area contributed by atoms with Crippen molar-refractivity contribution < 1.29 is 4.74 Å². The van der Waals surface area contributed by atoms with E-state index in [-0.39, 0.29) is 0 Å². The first-order chi connectivity index (χ1) is 10.3. The quantitative estimate of drug-likeness (QED) is 0.787. The van der Waals surface area contributed by atoms with Crippen LogP contribution < -0.4 is 10.5 Å². The zero-order valence-corrected chi connectivity index (χ0v) is 13.1. The van der Waals surface area contributed by atoms with Gasteiger partial charge < -0.3 is 10.5 Å². The summed E-state index contributed by atoms with van der Waals surface area (Å²) >= 11 is 1.76. The Labute approximate surface area is 128 Å². The van der Waals surface area contributed by atoms with Gasteiger partial charge in [0, 0.05) is 17.0 Å². The summed E-state index contributed by atoms with van der Waals surface area (Å²) in [4.78, 5) is 6.92. The summed E-state index contributed by atoms with van der Waals surface area (Å²) in [6, 6.07) is 8.20. The second kappa shape index (κ2) is 5.87. The van der Waals surface area contributed by atoms with Gasteiger partial charge in [-0.1, -0.05) is 6.92 Å². The van der Waals surface area contributed by atoms with E-state index in [1.807, 2.05) is 18.3 Å². The van der Waals surface area contributed by atoms with Crippen molar-refractivity contribution in [2.45, 2.75) is 19.8 Å². The van der Waals surface area contributed by atoms with Gasteiger partial charge in [-0.15, -0.1) is 11.3 Å². The largest absolute Gasteiger partial charge is 0.497 e. The van der Waals surface area contributed by atoms with Crippen molar-refractivity contribution in [3.05, 3.63) is 41.0 Å². The van der Waals surface area contributed by atoms with E-state index in [0.717, 1.165) is 23.6 Å². The summed E-state index contributed by atoms with van der Waals surface area (Å²) in [5, 5.41) is 0. The lowest BCUT2D eigenvalue weighted by Gasteiger charge is -2.07. The summed E-state index contributed by atoms with van der Waals surface area (Å²) in [5.41, 5.74) is 9.32. The Kier molecular flexibility index (Phi) is 3.94. The molecule has 0 aliphatic rings. The fourth-order valence-electron chi connectivity index (χ4n) is 2.57. The third-order valence-corrected chi connectivity index (χ3v) is 4.79. The van der Waals surface area contributed by atoms with E-state index in [1.54, 1.807) is 18.4 Å². The van der Waals surface area contributed by atoms with Crippen molar-refractivity contribution in [1.82, 2.24) is 9.38 Å². The molecule has 2 heterocycles. The third kappa shape index (κ3) is 2.43. The van der Waals surface area contributed by atoms with Crippen LogP contribution in [-0.2, 0) is 12.8 Å². The molecule has 0 bridgehead atoms. The molecule has 0 amide bonds. The summed E-state index contributed by atoms with van der Waals surface area (Å²) in [5.74, 6) is 0.871. The zero-order valence-electron chi connectivity index (χ0n) is 12.3. The smallest absolute Gasteiger partial charge is 0.194 e. The van der Waals surface area contributed by atoms with Crippen LogP contribution in [0.4, 0.5) is 0 Å². The average Bonchev–Trinajstić information content (AvgIpc) is 3.07. The van der Waals surface area contributed by atoms with Gasteiger partial charge in [-0.05, 0) is 42.8 Å². The second-order valence-electron chi connectivity index (χ2n) is 4.86. The van der Waals surface area contributed by atoms with E-state index >= 15 is 0 Å². The molecule has 0 unspecified atom stereocenters. The highest BCUT2D eigenvalue weighted by Crippen LogP contribution is 2.34. The number of nitrogens with two attached hydrogens (primary N) is 1. The van der Waals surface area contributed by atoms with Crippen molar-refractivity contribution in [1.29, 1.82) is 0 Å². The molecule has 110 valence electrons. The first kappa shape index (κ1) is 14.1. The molecule has 2 N–H and O–H groups in total. The molecule has 4 nitrogen and oxygen atoms in total. The maximum atomic E-state index is 5.72. The van der Waals surface area contributed by atoms with Crippen LogP contribution in [0.5, 0.6) is 5.75 Å². The van der Waals surface area contributed by atoms with Crippen molar-refractivity contribution in [3.8, 4) is 17.0 Å². The maximum absolute atomic E-state index is 5.72. The van der Waals surface area contributed by atoms with E-state index < -0.39 is 0 Å². The van der Waals surface area contributed by atoms with Crippen LogP contribution in [0.15, 0.2) is 30.5 Å². The van der Waals surface area contributed by atoms with Crippen LogP contribution in [0.1, 0.15) is 17.5 Å². The SMILES string of the molecule is CCc1sc2ncc(CCN)n2c1-c1ccc(OC)cc1. The molecule has 0 aliphatic carbocycles. The predicted molar refractivity (Wildman–Crippen MR) is 87.2 cm³/mol. The highest BCUT2D eigenvalue weighted by atomic mass is 32.1. The van der Waals surface area contributed by atoms with E-state index in [1.165, 1.54) is 21.8 Å². The summed E-state index contributed by atoms with van der Waals surface area (Å²) in [7, 11) is 1.69. The molecule has 0 saturated carbocycles. The van der Waals surface area contributed by atoms with Gasteiger partial charge in [0.2, 0.25) is 0 Å². The molecule has 3 rings (SSSR count). The summed E-state index contributed by atoms with van der Waals surface area (Å²) < 4.78 is 7.49. The lowest BCUT2D eigenvalue weighted by Crippen LogP contribution is -2.05. The molecule has 0 atom stereocenters.